The summed E-state index contributed by atoms with van der Waals surface area (Å²) in [5.41, 5.74) is 0.814. The number of aliphatic carboxylic acids is 1. The Morgan fingerprint density at radius 2 is 2.05 bits per heavy atom. The van der Waals surface area contributed by atoms with E-state index in [9.17, 15) is 9.90 Å². The second-order valence-corrected chi connectivity index (χ2v) is 5.79. The van der Waals surface area contributed by atoms with Gasteiger partial charge < -0.3 is 10.4 Å². The fraction of sp³-hybridized carbons (Fsp3) is 0.667. The van der Waals surface area contributed by atoms with Crippen molar-refractivity contribution < 1.29 is 9.90 Å². The Balaban J connectivity index is 2.17. The van der Waals surface area contributed by atoms with Crippen molar-refractivity contribution in [2.45, 2.75) is 58.4 Å². The highest BCUT2D eigenvalue weighted by Gasteiger charge is 2.42. The van der Waals surface area contributed by atoms with Crippen molar-refractivity contribution in [1.29, 1.82) is 0 Å². The third kappa shape index (κ3) is 2.92. The molecule has 0 amide bonds. The van der Waals surface area contributed by atoms with Gasteiger partial charge in [-0.05, 0) is 45.4 Å². The number of carbonyl (C=O) groups is 1. The minimum atomic E-state index is -0.887. The molecule has 0 atom stereocenters. The topological polar surface area (TPSA) is 75.1 Å². The largest absolute Gasteiger partial charge is 0.480 e. The van der Waals surface area contributed by atoms with Crippen LogP contribution in [0.3, 0.4) is 0 Å². The number of aryl methyl sites for hydroxylation is 2. The van der Waals surface area contributed by atoms with Crippen LogP contribution in [0.5, 0.6) is 0 Å². The molecule has 2 N–H and O–H groups in total. The summed E-state index contributed by atoms with van der Waals surface area (Å²) in [4.78, 5) is 20.4. The van der Waals surface area contributed by atoms with Gasteiger partial charge in [0.25, 0.3) is 0 Å². The Kier molecular flexibility index (Phi) is 4.26. The predicted octanol–water partition coefficient (Wildman–Crippen LogP) is 2.93. The SMILES string of the molecule is CCC1CCC(Nc2cnc(C)c(C)n2)(C(=O)O)CC1. The van der Waals surface area contributed by atoms with Crippen LogP contribution >= 0.6 is 0 Å². The van der Waals surface area contributed by atoms with Crippen LogP contribution in [0.2, 0.25) is 0 Å². The lowest BCUT2D eigenvalue weighted by molar-refractivity contribution is -0.143. The number of anilines is 1. The Hall–Kier alpha value is -1.65. The minimum absolute atomic E-state index is 0.561. The number of rotatable bonds is 4. The lowest BCUT2D eigenvalue weighted by Crippen LogP contribution is -2.49. The molecule has 0 aliphatic heterocycles. The third-order valence-corrected chi connectivity index (χ3v) is 4.51. The molecule has 1 heterocycles. The van der Waals surface area contributed by atoms with E-state index in [2.05, 4.69) is 22.2 Å². The van der Waals surface area contributed by atoms with E-state index in [0.29, 0.717) is 24.6 Å². The summed E-state index contributed by atoms with van der Waals surface area (Å²) in [5.74, 6) is 0.424. The molecule has 1 fully saturated rings. The number of hydrogen-bond acceptors (Lipinski definition) is 4. The van der Waals surface area contributed by atoms with E-state index in [1.54, 1.807) is 6.20 Å². The molecule has 1 aromatic rings. The second-order valence-electron chi connectivity index (χ2n) is 5.79. The van der Waals surface area contributed by atoms with Gasteiger partial charge in [0.05, 0.1) is 17.6 Å². The van der Waals surface area contributed by atoms with Crippen molar-refractivity contribution in [2.75, 3.05) is 5.32 Å². The maximum Gasteiger partial charge on any atom is 0.329 e. The maximum absolute atomic E-state index is 11.7. The molecule has 0 aromatic carbocycles. The molecular weight excluding hydrogens is 254 g/mol. The van der Waals surface area contributed by atoms with Crippen LogP contribution in [-0.2, 0) is 4.79 Å². The van der Waals surface area contributed by atoms with Crippen molar-refractivity contribution in [1.82, 2.24) is 9.97 Å². The van der Waals surface area contributed by atoms with Crippen molar-refractivity contribution in [3.8, 4) is 0 Å². The van der Waals surface area contributed by atoms with Gasteiger partial charge in [0.15, 0.2) is 0 Å². The normalized spacial score (nSPS) is 26.2. The Morgan fingerprint density at radius 1 is 1.40 bits per heavy atom. The molecule has 5 heteroatoms. The molecule has 0 saturated heterocycles. The summed E-state index contributed by atoms with van der Waals surface area (Å²) in [5, 5.41) is 12.8. The number of aromatic nitrogens is 2. The average Bonchev–Trinajstić information content (AvgIpc) is 2.43. The molecule has 0 radical (unpaired) electrons. The van der Waals surface area contributed by atoms with Crippen LogP contribution in [0.4, 0.5) is 5.82 Å². The molecule has 1 aliphatic rings. The number of nitrogens with zero attached hydrogens (tertiary/aromatic N) is 2. The quantitative estimate of drug-likeness (QED) is 0.885. The summed E-state index contributed by atoms with van der Waals surface area (Å²) in [6, 6.07) is 0. The first-order valence-electron chi connectivity index (χ1n) is 7.28. The first kappa shape index (κ1) is 14.8. The van der Waals surface area contributed by atoms with E-state index in [-0.39, 0.29) is 0 Å². The number of nitrogens with one attached hydrogen (secondary N) is 1. The third-order valence-electron chi connectivity index (χ3n) is 4.51. The van der Waals surface area contributed by atoms with Gasteiger partial charge in [-0.1, -0.05) is 13.3 Å². The van der Waals surface area contributed by atoms with Crippen LogP contribution in [0.25, 0.3) is 0 Å². The first-order valence-corrected chi connectivity index (χ1v) is 7.28. The smallest absolute Gasteiger partial charge is 0.329 e. The lowest BCUT2D eigenvalue weighted by Gasteiger charge is -2.37. The van der Waals surface area contributed by atoms with E-state index in [1.807, 2.05) is 13.8 Å². The zero-order valence-corrected chi connectivity index (χ0v) is 12.4. The summed E-state index contributed by atoms with van der Waals surface area (Å²) in [6.07, 6.45) is 5.95. The molecule has 5 nitrogen and oxygen atoms in total. The molecule has 20 heavy (non-hydrogen) atoms. The van der Waals surface area contributed by atoms with Crippen molar-refractivity contribution in [2.24, 2.45) is 5.92 Å². The second kappa shape index (κ2) is 5.77. The summed E-state index contributed by atoms with van der Waals surface area (Å²) in [7, 11) is 0. The number of hydrogen-bond donors (Lipinski definition) is 2. The zero-order valence-electron chi connectivity index (χ0n) is 12.4. The number of carboxylic acids is 1. The van der Waals surface area contributed by atoms with Crippen LogP contribution in [0.15, 0.2) is 6.20 Å². The van der Waals surface area contributed by atoms with Gasteiger partial charge in [0.1, 0.15) is 11.4 Å². The van der Waals surface area contributed by atoms with Crippen LogP contribution < -0.4 is 5.32 Å². The molecule has 0 bridgehead atoms. The minimum Gasteiger partial charge on any atom is -0.480 e. The molecule has 0 spiro atoms. The Morgan fingerprint density at radius 3 is 2.55 bits per heavy atom. The summed E-state index contributed by atoms with van der Waals surface area (Å²) in [6.45, 7) is 5.95. The monoisotopic (exact) mass is 277 g/mol. The molecule has 1 aliphatic carbocycles. The van der Waals surface area contributed by atoms with Crippen molar-refractivity contribution in [3.63, 3.8) is 0 Å². The molecule has 0 unspecified atom stereocenters. The fourth-order valence-electron chi connectivity index (χ4n) is 2.82. The highest BCUT2D eigenvalue weighted by molar-refractivity contribution is 5.82. The van der Waals surface area contributed by atoms with Gasteiger partial charge in [0.2, 0.25) is 0 Å². The van der Waals surface area contributed by atoms with E-state index in [1.165, 1.54) is 0 Å². The standard InChI is InChI=1S/C15H23N3O2/c1-4-12-5-7-15(8-6-12,14(19)20)18-13-9-16-10(2)11(3)17-13/h9,12H,4-8H2,1-3H3,(H,17,18)(H,19,20). The van der Waals surface area contributed by atoms with Crippen LogP contribution in [0.1, 0.15) is 50.4 Å². The van der Waals surface area contributed by atoms with Crippen LogP contribution in [-0.4, -0.2) is 26.6 Å². The van der Waals surface area contributed by atoms with Crippen molar-refractivity contribution >= 4 is 11.8 Å². The first-order chi connectivity index (χ1) is 9.47. The predicted molar refractivity (Wildman–Crippen MR) is 77.7 cm³/mol. The van der Waals surface area contributed by atoms with Crippen LogP contribution in [0, 0.1) is 19.8 Å². The summed E-state index contributed by atoms with van der Waals surface area (Å²) >= 11 is 0. The average molecular weight is 277 g/mol. The molecule has 2 rings (SSSR count). The van der Waals surface area contributed by atoms with E-state index >= 15 is 0 Å². The number of carboxylic acid groups (broad SMARTS) is 1. The fourth-order valence-corrected chi connectivity index (χ4v) is 2.82. The van der Waals surface area contributed by atoms with Gasteiger partial charge in [0, 0.05) is 0 Å². The molecular formula is C15H23N3O2. The van der Waals surface area contributed by atoms with Gasteiger partial charge in [-0.3, -0.25) is 4.98 Å². The zero-order chi connectivity index (χ0) is 14.8. The Labute approximate surface area is 119 Å². The van der Waals surface area contributed by atoms with E-state index in [4.69, 9.17) is 0 Å². The van der Waals surface area contributed by atoms with Gasteiger partial charge in [-0.15, -0.1) is 0 Å². The lowest BCUT2D eigenvalue weighted by atomic mass is 9.75. The maximum atomic E-state index is 11.7. The molecule has 110 valence electrons. The summed E-state index contributed by atoms with van der Waals surface area (Å²) < 4.78 is 0. The molecule has 1 aromatic heterocycles. The molecule has 1 saturated carbocycles. The highest BCUT2D eigenvalue weighted by Crippen LogP contribution is 2.36. The van der Waals surface area contributed by atoms with Crippen molar-refractivity contribution in [3.05, 3.63) is 17.6 Å². The van der Waals surface area contributed by atoms with E-state index in [0.717, 1.165) is 30.7 Å². The van der Waals surface area contributed by atoms with Gasteiger partial charge in [-0.25, -0.2) is 9.78 Å². The Bertz CT molecular complexity index is 494. The van der Waals surface area contributed by atoms with E-state index < -0.39 is 11.5 Å². The van der Waals surface area contributed by atoms with Gasteiger partial charge in [-0.2, -0.15) is 0 Å². The van der Waals surface area contributed by atoms with Gasteiger partial charge >= 0.3 is 5.97 Å². The highest BCUT2D eigenvalue weighted by atomic mass is 16.4.